The van der Waals surface area contributed by atoms with Crippen LogP contribution in [0.3, 0.4) is 0 Å². The van der Waals surface area contributed by atoms with Crippen LogP contribution in [0.1, 0.15) is 12.6 Å². The summed E-state index contributed by atoms with van der Waals surface area (Å²) in [5, 5.41) is 20.0. The molecule has 0 radical (unpaired) electrons. The molecule has 0 unspecified atom stereocenters. The Hall–Kier alpha value is -2.35. The zero-order valence-corrected chi connectivity index (χ0v) is 12.3. The molecular formula is C16H16N4O3. The molecule has 0 amide bonds. The Morgan fingerprint density at radius 1 is 1.22 bits per heavy atom. The highest BCUT2D eigenvalue weighted by molar-refractivity contribution is 5.89. The molecule has 0 aliphatic carbocycles. The maximum absolute atomic E-state index is 9.92. The molecule has 3 aromatic rings. The van der Waals surface area contributed by atoms with Crippen molar-refractivity contribution in [2.24, 2.45) is 0 Å². The Bertz CT molecular complexity index is 821. The van der Waals surface area contributed by atoms with Crippen molar-refractivity contribution in [1.82, 2.24) is 19.5 Å². The van der Waals surface area contributed by atoms with Gasteiger partial charge in [-0.15, -0.1) is 0 Å². The van der Waals surface area contributed by atoms with Crippen LogP contribution < -0.4 is 0 Å². The minimum absolute atomic E-state index is 0.203. The first kappa shape index (κ1) is 14.3. The zero-order chi connectivity index (χ0) is 15.8. The third-order valence-electron chi connectivity index (χ3n) is 4.11. The lowest BCUT2D eigenvalue weighted by Crippen LogP contribution is -2.24. The van der Waals surface area contributed by atoms with Crippen molar-refractivity contribution in [2.45, 2.75) is 24.9 Å². The van der Waals surface area contributed by atoms with E-state index in [1.54, 1.807) is 6.20 Å². The van der Waals surface area contributed by atoms with E-state index in [-0.39, 0.29) is 12.8 Å². The van der Waals surface area contributed by atoms with Gasteiger partial charge in [0.05, 0.1) is 18.4 Å². The standard InChI is InChI=1S/C16H16N4O3/c21-8-13-12(22)7-14(23-13)20-6-4-10-15(18-9-19-16(10)20)11-3-1-2-5-17-11/h1-6,9,12-14,21-22H,7-8H2/t12-,13+,14+/m0/s1. The molecule has 0 bridgehead atoms. The lowest BCUT2D eigenvalue weighted by molar-refractivity contribution is -0.0430. The number of hydrogen-bond acceptors (Lipinski definition) is 6. The molecule has 4 heterocycles. The van der Waals surface area contributed by atoms with Crippen LogP contribution in [-0.4, -0.2) is 48.5 Å². The molecule has 23 heavy (non-hydrogen) atoms. The second-order valence-corrected chi connectivity index (χ2v) is 5.51. The first-order valence-corrected chi connectivity index (χ1v) is 7.45. The fourth-order valence-corrected chi connectivity index (χ4v) is 2.96. The fraction of sp³-hybridized carbons (Fsp3) is 0.312. The average Bonchev–Trinajstić information content (AvgIpc) is 3.18. The number of aliphatic hydroxyl groups excluding tert-OH is 2. The summed E-state index contributed by atoms with van der Waals surface area (Å²) in [4.78, 5) is 13.0. The maximum atomic E-state index is 9.92. The summed E-state index contributed by atoms with van der Waals surface area (Å²) in [5.41, 5.74) is 2.25. The monoisotopic (exact) mass is 312 g/mol. The maximum Gasteiger partial charge on any atom is 0.146 e. The Kier molecular flexibility index (Phi) is 3.53. The van der Waals surface area contributed by atoms with E-state index in [2.05, 4.69) is 15.0 Å². The number of nitrogens with zero attached hydrogens (tertiary/aromatic N) is 4. The summed E-state index contributed by atoms with van der Waals surface area (Å²) < 4.78 is 7.57. The molecule has 0 spiro atoms. The van der Waals surface area contributed by atoms with E-state index in [0.717, 1.165) is 22.4 Å². The molecule has 3 atom stereocenters. The highest BCUT2D eigenvalue weighted by Crippen LogP contribution is 2.33. The van der Waals surface area contributed by atoms with Gasteiger partial charge in [0, 0.05) is 24.2 Å². The van der Waals surface area contributed by atoms with E-state index in [0.29, 0.717) is 6.42 Å². The summed E-state index contributed by atoms with van der Waals surface area (Å²) in [6.07, 6.45) is 3.90. The molecule has 118 valence electrons. The minimum atomic E-state index is -0.681. The Morgan fingerprint density at radius 2 is 2.13 bits per heavy atom. The summed E-state index contributed by atoms with van der Waals surface area (Å²) in [7, 11) is 0. The van der Waals surface area contributed by atoms with Crippen molar-refractivity contribution >= 4 is 11.0 Å². The highest BCUT2D eigenvalue weighted by atomic mass is 16.5. The third-order valence-corrected chi connectivity index (χ3v) is 4.11. The number of aliphatic hydroxyl groups is 2. The van der Waals surface area contributed by atoms with Crippen LogP contribution in [0.15, 0.2) is 43.0 Å². The molecule has 1 aliphatic rings. The van der Waals surface area contributed by atoms with Crippen molar-refractivity contribution in [3.63, 3.8) is 0 Å². The van der Waals surface area contributed by atoms with E-state index in [1.807, 2.05) is 35.0 Å². The topological polar surface area (TPSA) is 93.3 Å². The third kappa shape index (κ3) is 2.39. The number of aromatic nitrogens is 4. The molecule has 1 aliphatic heterocycles. The van der Waals surface area contributed by atoms with Crippen LogP contribution in [0, 0.1) is 0 Å². The summed E-state index contributed by atoms with van der Waals surface area (Å²) in [6, 6.07) is 7.59. The predicted octanol–water partition coefficient (Wildman–Crippen LogP) is 1.13. The normalized spacial score (nSPS) is 24.3. The fourth-order valence-electron chi connectivity index (χ4n) is 2.96. The van der Waals surface area contributed by atoms with Gasteiger partial charge >= 0.3 is 0 Å². The van der Waals surface area contributed by atoms with Crippen LogP contribution >= 0.6 is 0 Å². The lowest BCUT2D eigenvalue weighted by atomic mass is 10.2. The van der Waals surface area contributed by atoms with Crippen molar-refractivity contribution in [1.29, 1.82) is 0 Å². The van der Waals surface area contributed by atoms with Gasteiger partial charge in [-0.3, -0.25) is 4.98 Å². The number of hydrogen-bond donors (Lipinski definition) is 2. The lowest BCUT2D eigenvalue weighted by Gasteiger charge is -2.14. The Labute approximate surface area is 132 Å². The van der Waals surface area contributed by atoms with E-state index in [4.69, 9.17) is 4.74 Å². The minimum Gasteiger partial charge on any atom is -0.394 e. The quantitative estimate of drug-likeness (QED) is 0.753. The van der Waals surface area contributed by atoms with Gasteiger partial charge in [-0.1, -0.05) is 6.07 Å². The second kappa shape index (κ2) is 5.69. The van der Waals surface area contributed by atoms with Crippen LogP contribution in [0.5, 0.6) is 0 Å². The van der Waals surface area contributed by atoms with Crippen molar-refractivity contribution in [2.75, 3.05) is 6.61 Å². The van der Waals surface area contributed by atoms with Gasteiger partial charge in [0.1, 0.15) is 30.0 Å². The van der Waals surface area contributed by atoms with Crippen LogP contribution in [0.4, 0.5) is 0 Å². The highest BCUT2D eigenvalue weighted by Gasteiger charge is 2.35. The van der Waals surface area contributed by atoms with Gasteiger partial charge < -0.3 is 19.5 Å². The SMILES string of the molecule is OC[C@H]1O[C@@H](n2ccc3c(-c4ccccn4)ncnc32)C[C@@H]1O. The number of fused-ring (bicyclic) bond motifs is 1. The second-order valence-electron chi connectivity index (χ2n) is 5.51. The van der Waals surface area contributed by atoms with Gasteiger partial charge in [-0.2, -0.15) is 0 Å². The smallest absolute Gasteiger partial charge is 0.146 e. The molecule has 7 nitrogen and oxygen atoms in total. The van der Waals surface area contributed by atoms with E-state index in [1.165, 1.54) is 6.33 Å². The van der Waals surface area contributed by atoms with E-state index in [9.17, 15) is 10.2 Å². The van der Waals surface area contributed by atoms with Gasteiger partial charge in [-0.05, 0) is 18.2 Å². The molecular weight excluding hydrogens is 296 g/mol. The average molecular weight is 312 g/mol. The molecule has 7 heteroatoms. The molecule has 3 aromatic heterocycles. The van der Waals surface area contributed by atoms with Crippen LogP contribution in [-0.2, 0) is 4.74 Å². The first-order valence-electron chi connectivity index (χ1n) is 7.45. The number of pyridine rings is 1. The number of rotatable bonds is 3. The van der Waals surface area contributed by atoms with Crippen molar-refractivity contribution in [3.8, 4) is 11.4 Å². The number of ether oxygens (including phenoxy) is 1. The predicted molar refractivity (Wildman–Crippen MR) is 82.4 cm³/mol. The molecule has 1 fully saturated rings. The zero-order valence-electron chi connectivity index (χ0n) is 12.3. The van der Waals surface area contributed by atoms with Crippen LogP contribution in [0.2, 0.25) is 0 Å². The molecule has 2 N–H and O–H groups in total. The Balaban J connectivity index is 1.77. The Morgan fingerprint density at radius 3 is 2.87 bits per heavy atom. The van der Waals surface area contributed by atoms with Gasteiger partial charge in [-0.25, -0.2) is 9.97 Å². The molecule has 0 aromatic carbocycles. The van der Waals surface area contributed by atoms with Crippen LogP contribution in [0.25, 0.3) is 22.4 Å². The van der Waals surface area contributed by atoms with Crippen molar-refractivity contribution < 1.29 is 14.9 Å². The van der Waals surface area contributed by atoms with Gasteiger partial charge in [0.2, 0.25) is 0 Å². The summed E-state index contributed by atoms with van der Waals surface area (Å²) >= 11 is 0. The largest absolute Gasteiger partial charge is 0.394 e. The van der Waals surface area contributed by atoms with E-state index >= 15 is 0 Å². The van der Waals surface area contributed by atoms with Crippen molar-refractivity contribution in [3.05, 3.63) is 43.0 Å². The van der Waals surface area contributed by atoms with E-state index < -0.39 is 12.2 Å². The summed E-state index contributed by atoms with van der Waals surface area (Å²) in [5.74, 6) is 0. The molecule has 1 saturated heterocycles. The molecule has 4 rings (SSSR count). The van der Waals surface area contributed by atoms with Gasteiger partial charge in [0.25, 0.3) is 0 Å². The molecule has 0 saturated carbocycles. The summed E-state index contributed by atoms with van der Waals surface area (Å²) in [6.45, 7) is -0.203. The first-order chi connectivity index (χ1) is 11.3. The van der Waals surface area contributed by atoms with Gasteiger partial charge in [0.15, 0.2) is 0 Å².